The lowest BCUT2D eigenvalue weighted by molar-refractivity contribution is -0.117. The van der Waals surface area contributed by atoms with Crippen LogP contribution < -0.4 is 76.3 Å². The first-order chi connectivity index (χ1) is 44.4. The number of amides is 3. The second-order valence-electron chi connectivity index (χ2n) is 19.9. The summed E-state index contributed by atoms with van der Waals surface area (Å²) in [6.45, 7) is 3.47. The van der Waals surface area contributed by atoms with E-state index in [2.05, 4.69) is 84.0 Å². The van der Waals surface area contributed by atoms with Crippen LogP contribution in [0.15, 0.2) is 79.3 Å². The van der Waals surface area contributed by atoms with Crippen molar-refractivity contribution in [2.24, 2.45) is 0 Å². The highest BCUT2D eigenvalue weighted by molar-refractivity contribution is 5.96. The Morgan fingerprint density at radius 1 is 0.505 bits per heavy atom. The molecule has 0 atom stereocenters. The summed E-state index contributed by atoms with van der Waals surface area (Å²) in [6.07, 6.45) is 12.3. The molecule has 476 valence electrons. The first-order valence-corrected chi connectivity index (χ1v) is 28.8. The van der Waals surface area contributed by atoms with Crippen molar-refractivity contribution in [1.82, 2.24) is 43.8 Å². The van der Waals surface area contributed by atoms with Gasteiger partial charge in [-0.3, -0.25) is 14.4 Å². The molecule has 31 heteroatoms. The number of nitrogens with zero attached hydrogens (tertiary/aromatic N) is 9. The van der Waals surface area contributed by atoms with Gasteiger partial charge in [0.1, 0.15) is 103 Å². The van der Waals surface area contributed by atoms with Crippen molar-refractivity contribution >= 4 is 104 Å². The van der Waals surface area contributed by atoms with E-state index in [9.17, 15) is 23.2 Å². The number of methoxy groups -OCH3 is 2. The number of hydrogen-bond donors (Lipinski definition) is 9. The van der Waals surface area contributed by atoms with Crippen molar-refractivity contribution in [3.63, 3.8) is 0 Å². The number of carbonyl (C=O) groups is 3. The second kappa shape index (κ2) is 29.7. The molecule has 3 aliphatic rings. The fourth-order valence-corrected chi connectivity index (χ4v) is 9.47. The van der Waals surface area contributed by atoms with Gasteiger partial charge >= 0.3 is 0 Å². The Labute approximate surface area is 519 Å². The number of fused-ring (bicyclic) bond motifs is 6. The lowest BCUT2D eigenvalue weighted by Crippen LogP contribution is -2.17. The molecule has 6 aromatic heterocycles. The standard InChI is InChI=1S/C20H23FN6O4.C20H19FN6O3.C20H24N6O4/c1-22-17-10-16(24-13-8-12(21)9-15-19(13)31-7-6-30-15)26-20-14(11-23-27(17)20)25-18(28)4-3-5-29-2;1-3-4-5-18(28)25-14-11-23-27-17(22-2)10-16(26-20(14)27)24-13-8-12(21)9-15-19(13)30-7-6-29-15;1-21-17-11-16(23-13-5-3-6-15-19(13)30-10-9-29-15)25-20-14(12-22-26(17)20)24-18(27)7-4-8-28-2/h8-11,22H,3-7H2,1-2H3,(H,24,26)(H,25,28);1,8-11,22H,4-7H2,2H3,(H,24,26)(H,25,28);3,5-6,11-12,21H,4,7-10H2,1-2H3,(H,23,25)(H,24,27). The minimum Gasteiger partial charge on any atom is -0.486 e. The number of hydrogen-bond acceptors (Lipinski definition) is 23. The van der Waals surface area contributed by atoms with E-state index >= 15 is 0 Å². The van der Waals surface area contributed by atoms with Crippen molar-refractivity contribution in [2.75, 3.05) is 136 Å². The van der Waals surface area contributed by atoms with Gasteiger partial charge in [0.15, 0.2) is 51.4 Å². The predicted octanol–water partition coefficient (Wildman–Crippen LogP) is 8.22. The lowest BCUT2D eigenvalue weighted by Gasteiger charge is -2.21. The highest BCUT2D eigenvalue weighted by atomic mass is 19.1. The van der Waals surface area contributed by atoms with Crippen molar-refractivity contribution in [3.05, 3.63) is 90.9 Å². The molecule has 0 spiro atoms. The summed E-state index contributed by atoms with van der Waals surface area (Å²) < 4.78 is 76.5. The van der Waals surface area contributed by atoms with E-state index in [4.69, 9.17) is 44.3 Å². The van der Waals surface area contributed by atoms with Gasteiger partial charge in [-0.2, -0.15) is 28.8 Å². The molecular weight excluding hydrogens is 1190 g/mol. The third-order valence-electron chi connectivity index (χ3n) is 13.6. The molecule has 0 aliphatic carbocycles. The summed E-state index contributed by atoms with van der Waals surface area (Å²) in [5.74, 6) is 7.12. The Bertz CT molecular complexity index is 4140. The molecule has 91 heavy (non-hydrogen) atoms. The fourth-order valence-electron chi connectivity index (χ4n) is 9.47. The molecule has 0 bridgehead atoms. The molecule has 9 heterocycles. The molecule has 3 aromatic carbocycles. The van der Waals surface area contributed by atoms with E-state index in [0.29, 0.717) is 200 Å². The largest absolute Gasteiger partial charge is 0.486 e. The summed E-state index contributed by atoms with van der Waals surface area (Å²) in [4.78, 5) is 50.3. The topological polar surface area (TPSA) is 324 Å². The van der Waals surface area contributed by atoms with E-state index in [-0.39, 0.29) is 24.1 Å². The summed E-state index contributed by atoms with van der Waals surface area (Å²) in [5.41, 5.74) is 4.29. The van der Waals surface area contributed by atoms with E-state index in [1.165, 1.54) is 36.7 Å². The number of terminal acetylenes is 1. The van der Waals surface area contributed by atoms with Crippen molar-refractivity contribution in [2.45, 2.75) is 38.5 Å². The Balaban J connectivity index is 0.000000150. The van der Waals surface area contributed by atoms with E-state index < -0.39 is 11.6 Å². The van der Waals surface area contributed by atoms with Crippen molar-refractivity contribution in [1.29, 1.82) is 0 Å². The molecular formula is C60H66F2N18O11. The lowest BCUT2D eigenvalue weighted by atomic mass is 10.2. The number of aromatic nitrogens is 9. The second-order valence-corrected chi connectivity index (χ2v) is 19.9. The molecule has 0 saturated carbocycles. The SMILES string of the molecule is C#CCCC(=O)Nc1cnn2c(NC)cc(Nc3cc(F)cc4c3OCCO4)nc12.CNc1cc(Nc2cc(F)cc3c2OCCO3)nc2c(NC(=O)CCCOC)cnn12.CNc1cc(Nc2cccc3c2OCCO3)nc2c(NC(=O)CCCOC)cnn12. The van der Waals surface area contributed by atoms with Gasteiger partial charge in [-0.25, -0.2) is 23.7 Å². The predicted molar refractivity (Wildman–Crippen MR) is 336 cm³/mol. The molecule has 0 fully saturated rings. The van der Waals surface area contributed by atoms with Gasteiger partial charge in [-0.15, -0.1) is 12.3 Å². The Morgan fingerprint density at radius 3 is 1.27 bits per heavy atom. The first kappa shape index (κ1) is 62.9. The van der Waals surface area contributed by atoms with Gasteiger partial charge in [0.2, 0.25) is 17.7 Å². The van der Waals surface area contributed by atoms with Gasteiger partial charge < -0.3 is 85.7 Å². The van der Waals surface area contributed by atoms with Crippen molar-refractivity contribution < 1.29 is 61.1 Å². The van der Waals surface area contributed by atoms with Gasteiger partial charge in [-0.05, 0) is 25.0 Å². The molecule has 0 radical (unpaired) electrons. The molecule has 0 saturated heterocycles. The van der Waals surface area contributed by atoms with E-state index in [1.807, 2.05) is 24.3 Å². The van der Waals surface area contributed by atoms with E-state index in [1.54, 1.807) is 67.2 Å². The molecule has 0 unspecified atom stereocenters. The third kappa shape index (κ3) is 15.2. The van der Waals surface area contributed by atoms with Crippen LogP contribution in [0.3, 0.4) is 0 Å². The Morgan fingerprint density at radius 2 is 0.879 bits per heavy atom. The average molecular weight is 1250 g/mol. The van der Waals surface area contributed by atoms with Crippen LogP contribution in [-0.2, 0) is 23.9 Å². The quantitative estimate of drug-likeness (QED) is 0.0228. The van der Waals surface area contributed by atoms with Gasteiger partial charge in [0.05, 0.1) is 35.7 Å². The summed E-state index contributed by atoms with van der Waals surface area (Å²) >= 11 is 0. The average Bonchev–Trinajstić information content (AvgIpc) is 1.79. The maximum Gasteiger partial charge on any atom is 0.225 e. The summed E-state index contributed by atoms with van der Waals surface area (Å²) in [5, 5.41) is 40.0. The number of carbonyl (C=O) groups excluding carboxylic acids is 3. The van der Waals surface area contributed by atoms with Crippen LogP contribution in [0.2, 0.25) is 0 Å². The number of benzene rings is 3. The summed E-state index contributed by atoms with van der Waals surface area (Å²) in [7, 11) is 8.47. The normalized spacial score (nSPS) is 12.5. The van der Waals surface area contributed by atoms with Crippen molar-refractivity contribution in [3.8, 4) is 46.8 Å². The zero-order chi connectivity index (χ0) is 63.8. The number of para-hydroxylation sites is 1. The highest BCUT2D eigenvalue weighted by Crippen LogP contribution is 2.43. The zero-order valence-electron chi connectivity index (χ0n) is 50.3. The number of nitrogens with one attached hydrogen (secondary N) is 9. The molecule has 12 rings (SSSR count). The van der Waals surface area contributed by atoms with Crippen LogP contribution >= 0.6 is 0 Å². The Hall–Kier alpha value is -11.1. The molecule has 29 nitrogen and oxygen atoms in total. The molecule has 3 aliphatic heterocycles. The zero-order valence-corrected chi connectivity index (χ0v) is 50.3. The van der Waals surface area contributed by atoms with Crippen LogP contribution in [0.1, 0.15) is 38.5 Å². The number of rotatable bonds is 22. The number of halogens is 2. The van der Waals surface area contributed by atoms with E-state index in [0.717, 1.165) is 5.69 Å². The third-order valence-corrected chi connectivity index (χ3v) is 13.6. The maximum atomic E-state index is 14.1. The van der Waals surface area contributed by atoms with Gasteiger partial charge in [0.25, 0.3) is 0 Å². The van der Waals surface area contributed by atoms with Crippen LogP contribution in [0, 0.1) is 24.0 Å². The van der Waals surface area contributed by atoms with Crippen LogP contribution in [-0.4, -0.2) is 150 Å². The molecule has 9 N–H and O–H groups in total. The molecule has 9 aromatic rings. The monoisotopic (exact) mass is 1250 g/mol. The molecule has 3 amide bonds. The van der Waals surface area contributed by atoms with Crippen LogP contribution in [0.4, 0.5) is 77.8 Å². The maximum absolute atomic E-state index is 14.1. The summed E-state index contributed by atoms with van der Waals surface area (Å²) in [6, 6.07) is 16.1. The minimum absolute atomic E-state index is 0.115. The minimum atomic E-state index is -0.470. The highest BCUT2D eigenvalue weighted by Gasteiger charge is 2.24. The van der Waals surface area contributed by atoms with Crippen LogP contribution in [0.25, 0.3) is 16.9 Å². The van der Waals surface area contributed by atoms with Crippen LogP contribution in [0.5, 0.6) is 34.5 Å². The van der Waals surface area contributed by atoms with Gasteiger partial charge in [-0.1, -0.05) is 6.07 Å². The smallest absolute Gasteiger partial charge is 0.225 e. The number of ether oxygens (including phenoxy) is 8. The number of anilines is 12. The van der Waals surface area contributed by atoms with Gasteiger partial charge in [0, 0.05) is 117 Å². The fraction of sp³-hybridized carbons (Fsp3) is 0.317. The first-order valence-electron chi connectivity index (χ1n) is 28.8. The Kier molecular flexibility index (Phi) is 20.5.